The summed E-state index contributed by atoms with van der Waals surface area (Å²) in [5.74, 6) is -0.977. The summed E-state index contributed by atoms with van der Waals surface area (Å²) in [6.45, 7) is 6.53. The fraction of sp³-hybridized carbons (Fsp3) is 0.176. The Balaban J connectivity index is 1.38. The lowest BCUT2D eigenvalue weighted by Gasteiger charge is -2.19. The molecule has 5 rings (SSSR count). The van der Waals surface area contributed by atoms with Crippen LogP contribution in [-0.2, 0) is 16.6 Å². The second kappa shape index (κ2) is 11.8. The van der Waals surface area contributed by atoms with Crippen molar-refractivity contribution >= 4 is 11.8 Å². The van der Waals surface area contributed by atoms with E-state index in [0.29, 0.717) is 5.56 Å². The van der Waals surface area contributed by atoms with Gasteiger partial charge in [0.05, 0.1) is 23.1 Å². The maximum absolute atomic E-state index is 12.8. The minimum atomic E-state index is -0.914. The van der Waals surface area contributed by atoms with E-state index in [1.165, 1.54) is 17.7 Å². The molecule has 2 aromatic heterocycles. The van der Waals surface area contributed by atoms with E-state index < -0.39 is 17.9 Å². The summed E-state index contributed by atoms with van der Waals surface area (Å²) < 4.78 is 1.88. The molecule has 42 heavy (non-hydrogen) atoms. The van der Waals surface area contributed by atoms with Gasteiger partial charge in [-0.1, -0.05) is 57.2 Å². The highest BCUT2D eigenvalue weighted by atomic mass is 16.3. The zero-order valence-corrected chi connectivity index (χ0v) is 23.8. The van der Waals surface area contributed by atoms with Crippen LogP contribution in [0.5, 0.6) is 5.75 Å². The lowest BCUT2D eigenvalue weighted by atomic mass is 9.87. The molecule has 2 heterocycles. The first-order valence-corrected chi connectivity index (χ1v) is 13.7. The fourth-order valence-electron chi connectivity index (χ4n) is 4.59. The number of phenols is 1. The number of nitrogens with two attached hydrogens (primary N) is 1. The van der Waals surface area contributed by atoms with Gasteiger partial charge < -0.3 is 10.8 Å². The number of rotatable bonds is 7. The molecule has 0 bridgehead atoms. The van der Waals surface area contributed by atoms with Crippen LogP contribution in [0.3, 0.4) is 0 Å². The highest BCUT2D eigenvalue weighted by molar-refractivity contribution is 6.06. The number of aromatic hydroxyl groups is 1. The van der Waals surface area contributed by atoms with Crippen molar-refractivity contribution < 1.29 is 14.7 Å². The topological polar surface area (TPSA) is 123 Å². The second-order valence-corrected chi connectivity index (χ2v) is 11.2. The summed E-state index contributed by atoms with van der Waals surface area (Å²) in [5.41, 5.74) is 12.7. The van der Waals surface area contributed by atoms with Crippen molar-refractivity contribution in [3.05, 3.63) is 120 Å². The van der Waals surface area contributed by atoms with Gasteiger partial charge in [0.15, 0.2) is 0 Å². The Morgan fingerprint density at radius 1 is 0.929 bits per heavy atom. The van der Waals surface area contributed by atoms with E-state index in [1.807, 2.05) is 35.0 Å². The van der Waals surface area contributed by atoms with Gasteiger partial charge in [0.25, 0.3) is 5.91 Å². The Bertz CT molecular complexity index is 1690. The molecule has 0 aliphatic rings. The van der Waals surface area contributed by atoms with Crippen LogP contribution in [0.4, 0.5) is 0 Å². The Labute approximate surface area is 244 Å². The Morgan fingerprint density at radius 2 is 1.62 bits per heavy atom. The highest BCUT2D eigenvalue weighted by Gasteiger charge is 2.20. The number of hydrogen-bond donors (Lipinski definition) is 3. The molecular weight excluding hydrogens is 526 g/mol. The molecule has 0 aliphatic heterocycles. The predicted molar refractivity (Wildman–Crippen MR) is 163 cm³/mol. The van der Waals surface area contributed by atoms with Crippen molar-refractivity contribution in [1.82, 2.24) is 20.1 Å². The van der Waals surface area contributed by atoms with E-state index in [1.54, 1.807) is 36.7 Å². The quantitative estimate of drug-likeness (QED) is 0.244. The summed E-state index contributed by atoms with van der Waals surface area (Å²) in [4.78, 5) is 29.7. The first-order chi connectivity index (χ1) is 20.1. The van der Waals surface area contributed by atoms with Gasteiger partial charge in [0.2, 0.25) is 5.91 Å². The van der Waals surface area contributed by atoms with Crippen LogP contribution in [0.2, 0.25) is 0 Å². The van der Waals surface area contributed by atoms with E-state index in [4.69, 9.17) is 10.8 Å². The number of phenolic OH excluding ortho intramolecular Hbond substituents is 1. The van der Waals surface area contributed by atoms with Crippen molar-refractivity contribution in [3.8, 4) is 34.0 Å². The van der Waals surface area contributed by atoms with Gasteiger partial charge in [0.1, 0.15) is 5.75 Å². The summed E-state index contributed by atoms with van der Waals surface area (Å²) in [6.07, 6.45) is 3.73. The maximum atomic E-state index is 12.8. The molecule has 3 aromatic carbocycles. The van der Waals surface area contributed by atoms with Crippen molar-refractivity contribution in [2.75, 3.05) is 0 Å². The number of aromatic nitrogens is 3. The lowest BCUT2D eigenvalue weighted by molar-refractivity contribution is -0.121. The SMILES string of the molecule is CC(C)(C)c1ccc(-n2nc(-c3cccnc3)cc2-c2ccc(C(=O)NC(=O)C(N)Cc3ccc(O)cc3)cc2)cc1. The van der Waals surface area contributed by atoms with E-state index in [2.05, 4.69) is 55.3 Å². The van der Waals surface area contributed by atoms with Crippen LogP contribution in [0.25, 0.3) is 28.2 Å². The third-order valence-corrected chi connectivity index (χ3v) is 7.05. The molecule has 0 aliphatic carbocycles. The molecule has 1 unspecified atom stereocenters. The predicted octanol–water partition coefficient (Wildman–Crippen LogP) is 5.43. The van der Waals surface area contributed by atoms with Gasteiger partial charge in [-0.2, -0.15) is 5.10 Å². The molecule has 0 saturated carbocycles. The van der Waals surface area contributed by atoms with Gasteiger partial charge in [-0.05, 0) is 77.6 Å². The number of nitrogens with one attached hydrogen (secondary N) is 1. The van der Waals surface area contributed by atoms with Crippen LogP contribution in [0.15, 0.2) is 103 Å². The molecule has 0 fully saturated rings. The smallest absolute Gasteiger partial charge is 0.257 e. The molecule has 5 aromatic rings. The van der Waals surface area contributed by atoms with Crippen LogP contribution in [-0.4, -0.2) is 37.7 Å². The molecule has 0 saturated heterocycles. The number of carbonyl (C=O) groups is 2. The van der Waals surface area contributed by atoms with Gasteiger partial charge >= 0.3 is 0 Å². The van der Waals surface area contributed by atoms with E-state index in [0.717, 1.165) is 33.8 Å². The Morgan fingerprint density at radius 3 is 2.24 bits per heavy atom. The van der Waals surface area contributed by atoms with E-state index >= 15 is 0 Å². The first kappa shape index (κ1) is 28.4. The molecule has 0 spiro atoms. The Hall–Kier alpha value is -5.08. The monoisotopic (exact) mass is 559 g/mol. The number of pyridine rings is 1. The van der Waals surface area contributed by atoms with Crippen LogP contribution >= 0.6 is 0 Å². The fourth-order valence-corrected chi connectivity index (χ4v) is 4.59. The van der Waals surface area contributed by atoms with Crippen LogP contribution in [0.1, 0.15) is 42.3 Å². The third kappa shape index (κ3) is 6.45. The van der Waals surface area contributed by atoms with Crippen molar-refractivity contribution in [3.63, 3.8) is 0 Å². The van der Waals surface area contributed by atoms with Gasteiger partial charge in [-0.3, -0.25) is 19.9 Å². The number of imide groups is 1. The zero-order valence-electron chi connectivity index (χ0n) is 23.8. The summed E-state index contributed by atoms with van der Waals surface area (Å²) in [6, 6.07) is 26.7. The van der Waals surface area contributed by atoms with E-state index in [9.17, 15) is 14.7 Å². The number of nitrogens with zero attached hydrogens (tertiary/aromatic N) is 3. The molecule has 0 radical (unpaired) electrons. The van der Waals surface area contributed by atoms with Gasteiger partial charge in [-0.15, -0.1) is 0 Å². The molecule has 1 atom stereocenters. The first-order valence-electron chi connectivity index (χ1n) is 13.7. The van der Waals surface area contributed by atoms with E-state index in [-0.39, 0.29) is 17.6 Å². The standard InChI is InChI=1S/C34H33N5O3/c1-34(2,3)26-12-14-27(15-13-26)39-31(20-30(38-39)25-5-4-18-36-21-25)23-8-10-24(11-9-23)32(41)37-33(42)29(35)19-22-6-16-28(40)17-7-22/h4-18,20-21,29,40H,19,35H2,1-3H3,(H,37,41,42). The van der Waals surface area contributed by atoms with Crippen molar-refractivity contribution in [1.29, 1.82) is 0 Å². The summed E-state index contributed by atoms with van der Waals surface area (Å²) in [7, 11) is 0. The number of amides is 2. The normalized spacial score (nSPS) is 12.1. The molecule has 2 amide bonds. The van der Waals surface area contributed by atoms with Crippen molar-refractivity contribution in [2.24, 2.45) is 5.73 Å². The largest absolute Gasteiger partial charge is 0.508 e. The number of carbonyl (C=O) groups excluding carboxylic acids is 2. The molecule has 8 nitrogen and oxygen atoms in total. The number of hydrogen-bond acceptors (Lipinski definition) is 6. The average molecular weight is 560 g/mol. The summed E-state index contributed by atoms with van der Waals surface area (Å²) in [5, 5.41) is 16.7. The molecule has 4 N–H and O–H groups in total. The minimum Gasteiger partial charge on any atom is -0.508 e. The van der Waals surface area contributed by atoms with Crippen molar-refractivity contribution in [2.45, 2.75) is 38.6 Å². The maximum Gasteiger partial charge on any atom is 0.257 e. The van der Waals surface area contributed by atoms with Crippen LogP contribution in [0, 0.1) is 0 Å². The highest BCUT2D eigenvalue weighted by Crippen LogP contribution is 2.30. The van der Waals surface area contributed by atoms with Gasteiger partial charge in [-0.25, -0.2) is 4.68 Å². The minimum absolute atomic E-state index is 0.0274. The average Bonchev–Trinajstić information content (AvgIpc) is 3.44. The van der Waals surface area contributed by atoms with Gasteiger partial charge in [0, 0.05) is 29.1 Å². The lowest BCUT2D eigenvalue weighted by Crippen LogP contribution is -2.44. The molecule has 8 heteroatoms. The third-order valence-electron chi connectivity index (χ3n) is 7.05. The zero-order chi connectivity index (χ0) is 29.9. The number of benzene rings is 3. The van der Waals surface area contributed by atoms with Crippen LogP contribution < -0.4 is 11.1 Å². The Kier molecular flexibility index (Phi) is 7.99. The molecule has 212 valence electrons. The summed E-state index contributed by atoms with van der Waals surface area (Å²) >= 11 is 0. The second-order valence-electron chi connectivity index (χ2n) is 11.2. The molecular formula is C34H33N5O3.